The van der Waals surface area contributed by atoms with Crippen LogP contribution in [0.4, 0.5) is 0 Å². The van der Waals surface area contributed by atoms with Crippen LogP contribution in [-0.2, 0) is 23.8 Å². The molecule has 1 saturated heterocycles. The molecule has 2 rings (SSSR count). The lowest BCUT2D eigenvalue weighted by molar-refractivity contribution is -0.154. The van der Waals surface area contributed by atoms with E-state index < -0.39 is 11.9 Å². The number of hydrogen-bond acceptors (Lipinski definition) is 6. The lowest BCUT2D eigenvalue weighted by Crippen LogP contribution is -2.49. The Bertz CT molecular complexity index is 672. The van der Waals surface area contributed by atoms with Crippen molar-refractivity contribution >= 4 is 23.9 Å². The summed E-state index contributed by atoms with van der Waals surface area (Å²) in [5.74, 6) is -1.27. The number of amides is 1. The van der Waals surface area contributed by atoms with E-state index in [2.05, 4.69) is 4.74 Å². The average molecular weight is 361 g/mol. The highest BCUT2D eigenvalue weighted by Gasteiger charge is 2.26. The number of morpholine rings is 1. The summed E-state index contributed by atoms with van der Waals surface area (Å²) in [5, 5.41) is 0. The fourth-order valence-electron chi connectivity index (χ4n) is 2.67. The molecule has 0 spiro atoms. The van der Waals surface area contributed by atoms with Gasteiger partial charge in [-0.1, -0.05) is 12.1 Å². The third-order valence-corrected chi connectivity index (χ3v) is 3.85. The van der Waals surface area contributed by atoms with E-state index in [9.17, 15) is 14.4 Å². The lowest BCUT2D eigenvalue weighted by Gasteiger charge is -2.35. The van der Waals surface area contributed by atoms with Crippen molar-refractivity contribution in [2.45, 2.75) is 26.1 Å². The molecule has 7 heteroatoms. The Morgan fingerprint density at radius 1 is 1.15 bits per heavy atom. The Morgan fingerprint density at radius 2 is 1.77 bits per heavy atom. The smallest absolute Gasteiger partial charge is 0.337 e. The second-order valence-corrected chi connectivity index (χ2v) is 6.11. The number of nitrogens with zero attached hydrogens (tertiary/aromatic N) is 1. The summed E-state index contributed by atoms with van der Waals surface area (Å²) in [4.78, 5) is 36.9. The lowest BCUT2D eigenvalue weighted by atomic mass is 10.1. The maximum Gasteiger partial charge on any atom is 0.337 e. The van der Waals surface area contributed by atoms with Crippen molar-refractivity contribution < 1.29 is 28.6 Å². The molecule has 1 fully saturated rings. The molecule has 1 aromatic rings. The van der Waals surface area contributed by atoms with Gasteiger partial charge in [0.1, 0.15) is 0 Å². The molecule has 1 aromatic carbocycles. The van der Waals surface area contributed by atoms with Gasteiger partial charge in [0.25, 0.3) is 5.91 Å². The van der Waals surface area contributed by atoms with Crippen LogP contribution in [-0.4, -0.2) is 61.8 Å². The van der Waals surface area contributed by atoms with Crippen LogP contribution in [0.3, 0.4) is 0 Å². The molecule has 1 aliphatic heterocycles. The van der Waals surface area contributed by atoms with Crippen molar-refractivity contribution in [2.24, 2.45) is 0 Å². The molecule has 0 aromatic heterocycles. The van der Waals surface area contributed by atoms with E-state index in [4.69, 9.17) is 9.47 Å². The zero-order valence-electron chi connectivity index (χ0n) is 15.1. The van der Waals surface area contributed by atoms with Crippen LogP contribution >= 0.6 is 0 Å². The fraction of sp³-hybridized carbons (Fsp3) is 0.421. The van der Waals surface area contributed by atoms with E-state index in [-0.39, 0.29) is 24.7 Å². The van der Waals surface area contributed by atoms with Crippen LogP contribution in [0.25, 0.3) is 6.08 Å². The summed E-state index contributed by atoms with van der Waals surface area (Å²) >= 11 is 0. The maximum atomic E-state index is 12.1. The molecule has 2 atom stereocenters. The number of carbonyl (C=O) groups is 3. The molecule has 0 N–H and O–H groups in total. The first-order valence-electron chi connectivity index (χ1n) is 8.35. The third kappa shape index (κ3) is 5.70. The highest BCUT2D eigenvalue weighted by Crippen LogP contribution is 2.11. The molecule has 0 bridgehead atoms. The Balaban J connectivity index is 1.81. The number of methoxy groups -OCH3 is 1. The van der Waals surface area contributed by atoms with E-state index >= 15 is 0 Å². The van der Waals surface area contributed by atoms with Gasteiger partial charge in [0.15, 0.2) is 6.61 Å². The molecule has 0 unspecified atom stereocenters. The number of esters is 2. The molecule has 26 heavy (non-hydrogen) atoms. The molecule has 0 radical (unpaired) electrons. The molecule has 140 valence electrons. The van der Waals surface area contributed by atoms with Gasteiger partial charge >= 0.3 is 11.9 Å². The van der Waals surface area contributed by atoms with Gasteiger partial charge in [-0.15, -0.1) is 0 Å². The van der Waals surface area contributed by atoms with Crippen LogP contribution in [0, 0.1) is 0 Å². The predicted octanol–water partition coefficient (Wildman–Crippen LogP) is 1.67. The molecule has 1 aliphatic rings. The third-order valence-electron chi connectivity index (χ3n) is 3.85. The molecule has 7 nitrogen and oxygen atoms in total. The number of carbonyl (C=O) groups excluding carboxylic acids is 3. The minimum Gasteiger partial charge on any atom is -0.465 e. The van der Waals surface area contributed by atoms with Crippen molar-refractivity contribution in [1.82, 2.24) is 4.90 Å². The van der Waals surface area contributed by atoms with Gasteiger partial charge in [0, 0.05) is 19.2 Å². The summed E-state index contributed by atoms with van der Waals surface area (Å²) < 4.78 is 15.2. The summed E-state index contributed by atoms with van der Waals surface area (Å²) in [7, 11) is 1.31. The summed E-state index contributed by atoms with van der Waals surface area (Å²) in [6.07, 6.45) is 2.72. The largest absolute Gasteiger partial charge is 0.465 e. The summed E-state index contributed by atoms with van der Waals surface area (Å²) in [5.41, 5.74) is 1.14. The minimum atomic E-state index is -0.607. The minimum absolute atomic E-state index is 0.0359. The van der Waals surface area contributed by atoms with Crippen LogP contribution in [0.2, 0.25) is 0 Å². The standard InChI is InChI=1S/C19H23NO6/c1-13-10-20(11-14(2)26-13)17(21)12-25-18(22)9-6-15-4-7-16(8-5-15)19(23)24-3/h4-9,13-14H,10-12H2,1-3H3/b9-6+/t13-,14-/m0/s1. The molecular formula is C19H23NO6. The normalized spacial score (nSPS) is 20.0. The quantitative estimate of drug-likeness (QED) is 0.586. The van der Waals surface area contributed by atoms with Crippen LogP contribution in [0.15, 0.2) is 30.3 Å². The van der Waals surface area contributed by atoms with Gasteiger partial charge in [0.05, 0.1) is 24.9 Å². The first-order valence-corrected chi connectivity index (χ1v) is 8.35. The molecular weight excluding hydrogens is 338 g/mol. The van der Waals surface area contributed by atoms with Crippen molar-refractivity contribution in [3.8, 4) is 0 Å². The van der Waals surface area contributed by atoms with E-state index in [1.807, 2.05) is 13.8 Å². The summed E-state index contributed by atoms with van der Waals surface area (Å²) in [6, 6.07) is 6.55. The van der Waals surface area contributed by atoms with E-state index in [1.54, 1.807) is 35.2 Å². The first kappa shape index (κ1) is 19.7. The Labute approximate surface area is 152 Å². The molecule has 0 aliphatic carbocycles. The van der Waals surface area contributed by atoms with Gasteiger partial charge in [-0.05, 0) is 37.6 Å². The second kappa shape index (κ2) is 9.15. The van der Waals surface area contributed by atoms with E-state index in [0.717, 1.165) is 5.56 Å². The topological polar surface area (TPSA) is 82.1 Å². The Hall–Kier alpha value is -2.67. The van der Waals surface area contributed by atoms with Gasteiger partial charge in [0.2, 0.25) is 0 Å². The fourth-order valence-corrected chi connectivity index (χ4v) is 2.67. The highest BCUT2D eigenvalue weighted by molar-refractivity contribution is 5.91. The monoisotopic (exact) mass is 361 g/mol. The first-order chi connectivity index (χ1) is 12.4. The zero-order chi connectivity index (χ0) is 19.1. The maximum absolute atomic E-state index is 12.1. The van der Waals surface area contributed by atoms with Gasteiger partial charge in [-0.3, -0.25) is 4.79 Å². The Morgan fingerprint density at radius 3 is 2.35 bits per heavy atom. The van der Waals surface area contributed by atoms with Gasteiger partial charge in [-0.2, -0.15) is 0 Å². The SMILES string of the molecule is COC(=O)c1ccc(/C=C/C(=O)OCC(=O)N2C[C@H](C)O[C@@H](C)C2)cc1. The predicted molar refractivity (Wildman–Crippen MR) is 94.4 cm³/mol. The summed E-state index contributed by atoms with van der Waals surface area (Å²) in [6.45, 7) is 4.47. The van der Waals surface area contributed by atoms with Crippen LogP contribution < -0.4 is 0 Å². The molecule has 1 heterocycles. The van der Waals surface area contributed by atoms with Crippen LogP contribution in [0.5, 0.6) is 0 Å². The zero-order valence-corrected chi connectivity index (χ0v) is 15.1. The van der Waals surface area contributed by atoms with Gasteiger partial charge in [-0.25, -0.2) is 9.59 Å². The number of ether oxygens (including phenoxy) is 3. The molecule has 1 amide bonds. The van der Waals surface area contributed by atoms with Crippen molar-refractivity contribution in [1.29, 1.82) is 0 Å². The van der Waals surface area contributed by atoms with Crippen molar-refractivity contribution in [3.05, 3.63) is 41.5 Å². The molecule has 0 saturated carbocycles. The van der Waals surface area contributed by atoms with E-state index in [0.29, 0.717) is 18.7 Å². The average Bonchev–Trinajstić information content (AvgIpc) is 2.63. The number of hydrogen-bond donors (Lipinski definition) is 0. The van der Waals surface area contributed by atoms with E-state index in [1.165, 1.54) is 13.2 Å². The second-order valence-electron chi connectivity index (χ2n) is 6.11. The van der Waals surface area contributed by atoms with Crippen molar-refractivity contribution in [2.75, 3.05) is 26.8 Å². The van der Waals surface area contributed by atoms with Crippen LogP contribution in [0.1, 0.15) is 29.8 Å². The Kier molecular flexibility index (Phi) is 6.91. The van der Waals surface area contributed by atoms with Crippen molar-refractivity contribution in [3.63, 3.8) is 0 Å². The van der Waals surface area contributed by atoms with Gasteiger partial charge < -0.3 is 19.1 Å². The number of rotatable bonds is 5. The highest BCUT2D eigenvalue weighted by atomic mass is 16.5. The number of benzene rings is 1.